The van der Waals surface area contributed by atoms with Crippen molar-refractivity contribution < 1.29 is 14.5 Å². The van der Waals surface area contributed by atoms with E-state index in [2.05, 4.69) is 10.3 Å². The number of nitrogens with zero attached hydrogens (tertiary/aromatic N) is 2. The van der Waals surface area contributed by atoms with Gasteiger partial charge in [0.05, 0.1) is 17.2 Å². The van der Waals surface area contributed by atoms with E-state index < -0.39 is 4.92 Å². The van der Waals surface area contributed by atoms with Gasteiger partial charge in [0.2, 0.25) is 0 Å². The lowest BCUT2D eigenvalue weighted by molar-refractivity contribution is -0.385. The molecule has 1 aliphatic rings. The average Bonchev–Trinajstić information content (AvgIpc) is 2.48. The van der Waals surface area contributed by atoms with Crippen LogP contribution in [0.25, 0.3) is 0 Å². The molecule has 0 aliphatic carbocycles. The van der Waals surface area contributed by atoms with E-state index in [1.807, 2.05) is 0 Å². The van der Waals surface area contributed by atoms with E-state index in [0.717, 1.165) is 25.1 Å². The zero-order valence-electron chi connectivity index (χ0n) is 11.9. The number of hydrogen-bond donors (Lipinski definition) is 1. The summed E-state index contributed by atoms with van der Waals surface area (Å²) in [5.41, 5.74) is 0.756. The highest BCUT2D eigenvalue weighted by Gasteiger charge is 2.26. The summed E-state index contributed by atoms with van der Waals surface area (Å²) in [6.45, 7) is 2.99. The molecule has 0 aromatic carbocycles. The Morgan fingerprint density at radius 1 is 1.57 bits per heavy atom. The highest BCUT2D eigenvalue weighted by Crippen LogP contribution is 2.29. The number of piperidine rings is 1. The van der Waals surface area contributed by atoms with Crippen LogP contribution < -0.4 is 5.32 Å². The quantitative estimate of drug-likeness (QED) is 0.507. The fourth-order valence-electron chi connectivity index (χ4n) is 2.57. The molecule has 0 radical (unpaired) electrons. The minimum absolute atomic E-state index is 0.0161. The van der Waals surface area contributed by atoms with Gasteiger partial charge in [0.1, 0.15) is 6.20 Å². The van der Waals surface area contributed by atoms with E-state index in [1.54, 1.807) is 13.0 Å². The third-order valence-corrected chi connectivity index (χ3v) is 3.61. The Balaban J connectivity index is 1.97. The van der Waals surface area contributed by atoms with Crippen LogP contribution in [0.5, 0.6) is 0 Å². The molecule has 2 atom stereocenters. The lowest BCUT2D eigenvalue weighted by Crippen LogP contribution is -2.33. The molecular formula is C14H19N3O4. The fraction of sp³-hybridized carbons (Fsp3) is 0.571. The molecule has 1 fully saturated rings. The van der Waals surface area contributed by atoms with Crippen molar-refractivity contribution >= 4 is 11.7 Å². The average molecular weight is 293 g/mol. The number of nitrogens with one attached hydrogen (secondary N) is 1. The van der Waals surface area contributed by atoms with E-state index in [1.165, 1.54) is 12.3 Å². The molecule has 1 aromatic rings. The largest absolute Gasteiger partial charge is 0.466 e. The number of esters is 1. The van der Waals surface area contributed by atoms with Crippen LogP contribution in [0.3, 0.4) is 0 Å². The van der Waals surface area contributed by atoms with E-state index >= 15 is 0 Å². The Hall–Kier alpha value is -2.02. The molecule has 1 aromatic heterocycles. The number of carbonyl (C=O) groups is 1. The number of ether oxygens (including phenoxy) is 1. The summed E-state index contributed by atoms with van der Waals surface area (Å²) in [6, 6.07) is 3.15. The zero-order chi connectivity index (χ0) is 15.2. The fourth-order valence-corrected chi connectivity index (χ4v) is 2.57. The molecule has 2 rings (SSSR count). The number of rotatable bonds is 5. The van der Waals surface area contributed by atoms with Gasteiger partial charge < -0.3 is 10.1 Å². The monoisotopic (exact) mass is 293 g/mol. The highest BCUT2D eigenvalue weighted by molar-refractivity contribution is 5.69. The van der Waals surface area contributed by atoms with Crippen molar-refractivity contribution in [3.8, 4) is 0 Å². The SMILES string of the molecule is CCOC(=O)CC1CCNC(c2ccc([N+](=O)[O-])cn2)C1. The van der Waals surface area contributed by atoms with Crippen LogP contribution >= 0.6 is 0 Å². The van der Waals surface area contributed by atoms with Gasteiger partial charge in [0.25, 0.3) is 5.69 Å². The zero-order valence-corrected chi connectivity index (χ0v) is 11.9. The summed E-state index contributed by atoms with van der Waals surface area (Å²) in [6.07, 6.45) is 3.39. The minimum Gasteiger partial charge on any atom is -0.466 e. The van der Waals surface area contributed by atoms with Crippen molar-refractivity contribution in [1.29, 1.82) is 0 Å². The predicted molar refractivity (Wildman–Crippen MR) is 75.6 cm³/mol. The Morgan fingerprint density at radius 3 is 3.00 bits per heavy atom. The molecule has 0 amide bonds. The lowest BCUT2D eigenvalue weighted by atomic mass is 9.88. The first-order valence-corrected chi connectivity index (χ1v) is 7.09. The molecule has 0 bridgehead atoms. The Kier molecular flexibility index (Phi) is 5.21. The van der Waals surface area contributed by atoms with Gasteiger partial charge in [-0.15, -0.1) is 0 Å². The predicted octanol–water partition coefficient (Wildman–Crippen LogP) is 1.98. The summed E-state index contributed by atoms with van der Waals surface area (Å²) in [5.74, 6) is 0.0899. The molecular weight excluding hydrogens is 274 g/mol. The molecule has 2 heterocycles. The van der Waals surface area contributed by atoms with E-state index in [9.17, 15) is 14.9 Å². The second kappa shape index (κ2) is 7.12. The van der Waals surface area contributed by atoms with Gasteiger partial charge >= 0.3 is 5.97 Å². The van der Waals surface area contributed by atoms with E-state index in [4.69, 9.17) is 4.74 Å². The number of pyridine rings is 1. The molecule has 7 heteroatoms. The third kappa shape index (κ3) is 4.22. The number of aromatic nitrogens is 1. The first-order valence-electron chi connectivity index (χ1n) is 7.09. The summed E-state index contributed by atoms with van der Waals surface area (Å²) in [5, 5.41) is 14.0. The maximum absolute atomic E-state index is 11.5. The summed E-state index contributed by atoms with van der Waals surface area (Å²) in [7, 11) is 0. The van der Waals surface area contributed by atoms with Crippen LogP contribution in [0.1, 0.15) is 37.9 Å². The Morgan fingerprint density at radius 2 is 2.38 bits per heavy atom. The van der Waals surface area contributed by atoms with Crippen LogP contribution in [0.2, 0.25) is 0 Å². The first kappa shape index (κ1) is 15.4. The standard InChI is InChI=1S/C14H19N3O4/c1-2-21-14(18)8-10-5-6-15-13(7-10)12-4-3-11(9-16-12)17(19)20/h3-4,9-10,13,15H,2,5-8H2,1H3. The maximum atomic E-state index is 11.5. The molecule has 1 N–H and O–H groups in total. The van der Waals surface area contributed by atoms with E-state index in [-0.39, 0.29) is 23.6 Å². The first-order chi connectivity index (χ1) is 10.1. The topological polar surface area (TPSA) is 94.4 Å². The summed E-state index contributed by atoms with van der Waals surface area (Å²) in [4.78, 5) is 25.9. The van der Waals surface area contributed by atoms with Crippen molar-refractivity contribution in [2.45, 2.75) is 32.2 Å². The molecule has 7 nitrogen and oxygen atoms in total. The minimum atomic E-state index is -0.464. The van der Waals surface area contributed by atoms with Crippen LogP contribution in [-0.2, 0) is 9.53 Å². The highest BCUT2D eigenvalue weighted by atomic mass is 16.6. The number of hydrogen-bond acceptors (Lipinski definition) is 6. The number of nitro groups is 1. The van der Waals surface area contributed by atoms with Crippen LogP contribution in [0, 0.1) is 16.0 Å². The van der Waals surface area contributed by atoms with Gasteiger partial charge in [0, 0.05) is 18.5 Å². The molecule has 21 heavy (non-hydrogen) atoms. The van der Waals surface area contributed by atoms with Crippen LogP contribution in [-0.4, -0.2) is 29.0 Å². The molecule has 114 valence electrons. The second-order valence-electron chi connectivity index (χ2n) is 5.10. The van der Waals surface area contributed by atoms with Crippen LogP contribution in [0.15, 0.2) is 18.3 Å². The Labute approximate surface area is 122 Å². The van der Waals surface area contributed by atoms with Crippen molar-refractivity contribution in [3.63, 3.8) is 0 Å². The van der Waals surface area contributed by atoms with Crippen molar-refractivity contribution in [2.24, 2.45) is 5.92 Å². The van der Waals surface area contributed by atoms with Gasteiger partial charge in [-0.05, 0) is 38.3 Å². The Bertz CT molecular complexity index is 503. The van der Waals surface area contributed by atoms with Crippen molar-refractivity contribution in [3.05, 3.63) is 34.1 Å². The third-order valence-electron chi connectivity index (χ3n) is 3.61. The smallest absolute Gasteiger partial charge is 0.306 e. The molecule has 1 saturated heterocycles. The van der Waals surface area contributed by atoms with Gasteiger partial charge in [-0.2, -0.15) is 0 Å². The van der Waals surface area contributed by atoms with E-state index in [0.29, 0.717) is 13.0 Å². The van der Waals surface area contributed by atoms with Gasteiger partial charge in [-0.25, -0.2) is 0 Å². The lowest BCUT2D eigenvalue weighted by Gasteiger charge is -2.29. The molecule has 2 unspecified atom stereocenters. The van der Waals surface area contributed by atoms with Crippen molar-refractivity contribution in [2.75, 3.05) is 13.2 Å². The second-order valence-corrected chi connectivity index (χ2v) is 5.10. The molecule has 1 aliphatic heterocycles. The molecule has 0 spiro atoms. The van der Waals surface area contributed by atoms with Gasteiger partial charge in [-0.3, -0.25) is 19.9 Å². The van der Waals surface area contributed by atoms with Crippen molar-refractivity contribution in [1.82, 2.24) is 10.3 Å². The van der Waals surface area contributed by atoms with Gasteiger partial charge in [-0.1, -0.05) is 0 Å². The number of carbonyl (C=O) groups excluding carboxylic acids is 1. The normalized spacial score (nSPS) is 21.8. The van der Waals surface area contributed by atoms with Gasteiger partial charge in [0.15, 0.2) is 0 Å². The molecule has 0 saturated carbocycles. The summed E-state index contributed by atoms with van der Waals surface area (Å²) >= 11 is 0. The summed E-state index contributed by atoms with van der Waals surface area (Å²) < 4.78 is 4.98. The van der Waals surface area contributed by atoms with Crippen LogP contribution in [0.4, 0.5) is 5.69 Å². The maximum Gasteiger partial charge on any atom is 0.306 e.